The largest absolute Gasteiger partial charge is 0.357 e. The molecule has 2 heterocycles. The number of pyridine rings is 1. The highest BCUT2D eigenvalue weighted by Gasteiger charge is 2.26. The fourth-order valence-electron chi connectivity index (χ4n) is 3.38. The third-order valence-corrected chi connectivity index (χ3v) is 6.67. The molecule has 1 atom stereocenters. The van der Waals surface area contributed by atoms with E-state index in [4.69, 9.17) is 0 Å². The van der Waals surface area contributed by atoms with Crippen LogP contribution in [-0.4, -0.2) is 57.3 Å². The molecule has 1 aromatic carbocycles. The first-order chi connectivity index (χ1) is 14.5. The van der Waals surface area contributed by atoms with Gasteiger partial charge in [0.2, 0.25) is 0 Å². The molecular formula is C21H28FN5O2S. The van der Waals surface area contributed by atoms with E-state index < -0.39 is 9.84 Å². The maximum atomic E-state index is 14.0. The number of sulfone groups is 1. The molecule has 0 saturated carbocycles. The lowest BCUT2D eigenvalue weighted by Gasteiger charge is -2.20. The van der Waals surface area contributed by atoms with Crippen molar-refractivity contribution < 1.29 is 12.8 Å². The Morgan fingerprint density at radius 3 is 2.80 bits per heavy atom. The minimum absolute atomic E-state index is 0.0517. The minimum Gasteiger partial charge on any atom is -0.357 e. The van der Waals surface area contributed by atoms with Crippen molar-refractivity contribution in [2.45, 2.75) is 30.7 Å². The Labute approximate surface area is 177 Å². The number of halogens is 1. The van der Waals surface area contributed by atoms with E-state index in [1.807, 2.05) is 11.8 Å². The van der Waals surface area contributed by atoms with Crippen LogP contribution in [0.1, 0.15) is 19.8 Å². The number of hydrogen-bond acceptors (Lipinski definition) is 5. The predicted molar refractivity (Wildman–Crippen MR) is 117 cm³/mol. The van der Waals surface area contributed by atoms with Crippen LogP contribution >= 0.6 is 0 Å². The smallest absolute Gasteiger partial charge is 0.191 e. The van der Waals surface area contributed by atoms with Crippen molar-refractivity contribution >= 4 is 21.6 Å². The van der Waals surface area contributed by atoms with Gasteiger partial charge in [0.05, 0.1) is 10.6 Å². The number of nitrogens with one attached hydrogen (secondary N) is 2. The van der Waals surface area contributed by atoms with Gasteiger partial charge in [-0.15, -0.1) is 0 Å². The summed E-state index contributed by atoms with van der Waals surface area (Å²) in [6, 6.07) is 11.6. The maximum Gasteiger partial charge on any atom is 0.191 e. The molecule has 1 aromatic heterocycles. The molecule has 9 heteroatoms. The number of hydrogen-bond donors (Lipinski definition) is 2. The van der Waals surface area contributed by atoms with Crippen molar-refractivity contribution in [3.63, 3.8) is 0 Å². The van der Waals surface area contributed by atoms with Gasteiger partial charge in [-0.1, -0.05) is 18.2 Å². The lowest BCUT2D eigenvalue weighted by atomic mass is 10.3. The number of benzene rings is 1. The van der Waals surface area contributed by atoms with E-state index in [1.54, 1.807) is 42.6 Å². The van der Waals surface area contributed by atoms with Crippen LogP contribution in [0.3, 0.4) is 0 Å². The first kappa shape index (κ1) is 22.0. The van der Waals surface area contributed by atoms with Crippen molar-refractivity contribution in [3.05, 3.63) is 54.5 Å². The maximum absolute atomic E-state index is 14.0. The zero-order valence-corrected chi connectivity index (χ0v) is 17.9. The van der Waals surface area contributed by atoms with Crippen LogP contribution in [-0.2, 0) is 9.84 Å². The molecule has 2 N–H and O–H groups in total. The Balaban J connectivity index is 1.52. The molecule has 1 saturated heterocycles. The van der Waals surface area contributed by atoms with Gasteiger partial charge in [-0.3, -0.25) is 4.99 Å². The van der Waals surface area contributed by atoms with E-state index in [0.717, 1.165) is 6.42 Å². The second-order valence-electron chi connectivity index (χ2n) is 7.13. The zero-order valence-electron chi connectivity index (χ0n) is 17.1. The minimum atomic E-state index is -3.29. The lowest BCUT2D eigenvalue weighted by Crippen LogP contribution is -2.44. The molecule has 1 unspecified atom stereocenters. The number of nitrogens with zero attached hydrogens (tertiary/aromatic N) is 3. The van der Waals surface area contributed by atoms with E-state index >= 15 is 0 Å². The number of guanidine groups is 1. The van der Waals surface area contributed by atoms with Crippen LogP contribution < -0.4 is 15.5 Å². The molecule has 0 amide bonds. The second-order valence-corrected chi connectivity index (χ2v) is 9.24. The Morgan fingerprint density at radius 2 is 2.07 bits per heavy atom. The third-order valence-electron chi connectivity index (χ3n) is 4.86. The van der Waals surface area contributed by atoms with Crippen LogP contribution in [0.2, 0.25) is 0 Å². The van der Waals surface area contributed by atoms with Crippen molar-refractivity contribution in [2.24, 2.45) is 4.99 Å². The molecule has 0 aliphatic carbocycles. The monoisotopic (exact) mass is 433 g/mol. The topological polar surface area (TPSA) is 86.7 Å². The second kappa shape index (κ2) is 10.4. The average Bonchev–Trinajstić information content (AvgIpc) is 3.20. The molecule has 3 rings (SSSR count). The van der Waals surface area contributed by atoms with Gasteiger partial charge in [0.25, 0.3) is 0 Å². The summed E-state index contributed by atoms with van der Waals surface area (Å²) in [6.07, 6.45) is 2.86. The average molecular weight is 434 g/mol. The van der Waals surface area contributed by atoms with Crippen LogP contribution in [0.25, 0.3) is 0 Å². The Kier molecular flexibility index (Phi) is 7.62. The summed E-state index contributed by atoms with van der Waals surface area (Å²) in [5.74, 6) is 0.743. The van der Waals surface area contributed by atoms with Crippen LogP contribution in [0.15, 0.2) is 58.5 Å². The molecule has 162 valence electrons. The zero-order chi connectivity index (χ0) is 21.4. The Bertz CT molecular complexity index is 953. The fraction of sp³-hybridized carbons (Fsp3) is 0.429. The summed E-state index contributed by atoms with van der Waals surface area (Å²) in [6.45, 7) is 4.40. The van der Waals surface area contributed by atoms with Crippen molar-refractivity contribution in [2.75, 3.05) is 36.8 Å². The van der Waals surface area contributed by atoms with E-state index in [9.17, 15) is 12.8 Å². The molecule has 0 radical (unpaired) electrons. The first-order valence-electron chi connectivity index (χ1n) is 10.2. The number of aliphatic imine (C=N–C) groups is 1. The molecule has 0 spiro atoms. The highest BCUT2D eigenvalue weighted by molar-refractivity contribution is 7.91. The normalized spacial score (nSPS) is 17.2. The van der Waals surface area contributed by atoms with Gasteiger partial charge in [-0.2, -0.15) is 0 Å². The Morgan fingerprint density at radius 1 is 1.27 bits per heavy atom. The molecule has 2 aromatic rings. The molecule has 1 aliphatic heterocycles. The van der Waals surface area contributed by atoms with E-state index in [-0.39, 0.29) is 17.6 Å². The van der Waals surface area contributed by atoms with Gasteiger partial charge in [0.1, 0.15) is 0 Å². The van der Waals surface area contributed by atoms with Gasteiger partial charge < -0.3 is 15.5 Å². The van der Waals surface area contributed by atoms with Crippen molar-refractivity contribution in [3.8, 4) is 0 Å². The van der Waals surface area contributed by atoms with Crippen molar-refractivity contribution in [1.82, 2.24) is 15.6 Å². The van der Waals surface area contributed by atoms with E-state index in [1.165, 1.54) is 6.07 Å². The first-order valence-corrected chi connectivity index (χ1v) is 11.8. The van der Waals surface area contributed by atoms with Gasteiger partial charge >= 0.3 is 0 Å². The summed E-state index contributed by atoms with van der Waals surface area (Å²) in [7, 11) is -3.29. The fourth-order valence-corrected chi connectivity index (χ4v) is 4.70. The quantitative estimate of drug-likeness (QED) is 0.377. The van der Waals surface area contributed by atoms with E-state index in [2.05, 4.69) is 20.6 Å². The molecule has 0 bridgehead atoms. The van der Waals surface area contributed by atoms with E-state index in [0.29, 0.717) is 49.3 Å². The standard InChI is InChI=1S/C21H28FN5O2S/c1-2-23-21(25-13-7-15-30(28,29)18-8-4-3-5-9-18)26-17-11-14-27(16-17)20-19(22)10-6-12-24-20/h3-6,8-10,12,17H,2,7,11,13-16H2,1H3,(H2,23,25,26). The summed E-state index contributed by atoms with van der Waals surface area (Å²) in [5, 5.41) is 6.55. The van der Waals surface area contributed by atoms with Gasteiger partial charge in [0.15, 0.2) is 27.4 Å². The molecule has 1 fully saturated rings. The molecule has 30 heavy (non-hydrogen) atoms. The lowest BCUT2D eigenvalue weighted by molar-refractivity contribution is 0.593. The van der Waals surface area contributed by atoms with Crippen LogP contribution in [0, 0.1) is 5.82 Å². The van der Waals surface area contributed by atoms with Crippen molar-refractivity contribution in [1.29, 1.82) is 0 Å². The summed E-state index contributed by atoms with van der Waals surface area (Å²) in [5.41, 5.74) is 0. The molecular weight excluding hydrogens is 405 g/mol. The SMILES string of the molecule is CCNC(=NCCCS(=O)(=O)c1ccccc1)NC1CCN(c2ncccc2F)C1. The number of anilines is 1. The third kappa shape index (κ3) is 5.91. The van der Waals surface area contributed by atoms with Crippen LogP contribution in [0.4, 0.5) is 10.2 Å². The highest BCUT2D eigenvalue weighted by atomic mass is 32.2. The van der Waals surface area contributed by atoms with Gasteiger partial charge in [-0.05, 0) is 44.0 Å². The predicted octanol–water partition coefficient (Wildman–Crippen LogP) is 2.22. The Hall–Kier alpha value is -2.68. The number of rotatable bonds is 8. The number of aromatic nitrogens is 1. The van der Waals surface area contributed by atoms with Gasteiger partial charge in [0, 0.05) is 38.4 Å². The molecule has 7 nitrogen and oxygen atoms in total. The van der Waals surface area contributed by atoms with Crippen LogP contribution in [0.5, 0.6) is 0 Å². The molecule has 1 aliphatic rings. The summed E-state index contributed by atoms with van der Waals surface area (Å²) < 4.78 is 38.7. The summed E-state index contributed by atoms with van der Waals surface area (Å²) in [4.78, 5) is 10.9. The summed E-state index contributed by atoms with van der Waals surface area (Å²) >= 11 is 0. The highest BCUT2D eigenvalue weighted by Crippen LogP contribution is 2.20. The van der Waals surface area contributed by atoms with Gasteiger partial charge in [-0.25, -0.2) is 17.8 Å².